The van der Waals surface area contributed by atoms with Gasteiger partial charge in [-0.1, -0.05) is 0 Å². The van der Waals surface area contributed by atoms with Crippen LogP contribution >= 0.6 is 15.9 Å². The van der Waals surface area contributed by atoms with Crippen molar-refractivity contribution < 1.29 is 14.3 Å². The summed E-state index contributed by atoms with van der Waals surface area (Å²) in [7, 11) is 3.11. The molecule has 0 radical (unpaired) electrons. The number of amides is 1. The van der Waals surface area contributed by atoms with Gasteiger partial charge in [0.05, 0.1) is 18.7 Å². The first kappa shape index (κ1) is 12.6. The van der Waals surface area contributed by atoms with Gasteiger partial charge in [-0.3, -0.25) is 4.79 Å². The van der Waals surface area contributed by atoms with Gasteiger partial charge in [-0.25, -0.2) is 0 Å². The van der Waals surface area contributed by atoms with E-state index in [1.807, 2.05) is 0 Å². The molecular formula is C11H12BrNO3. The molecule has 0 aromatic heterocycles. The minimum absolute atomic E-state index is 0.506. The number of carbonyl (C=O) groups is 1. The second-order valence-corrected chi connectivity index (χ2v) is 3.82. The highest BCUT2D eigenvalue weighted by molar-refractivity contribution is 9.10. The molecule has 0 unspecified atom stereocenters. The molecule has 0 fully saturated rings. The molecule has 0 atom stereocenters. The van der Waals surface area contributed by atoms with Crippen molar-refractivity contribution in [3.05, 3.63) is 28.2 Å². The third-order valence-corrected chi connectivity index (χ3v) is 2.55. The molecule has 16 heavy (non-hydrogen) atoms. The van der Waals surface area contributed by atoms with Gasteiger partial charge in [0.15, 0.2) is 0 Å². The molecule has 1 rings (SSSR count). The molecule has 0 spiro atoms. The highest BCUT2D eigenvalue weighted by atomic mass is 79.9. The zero-order valence-corrected chi connectivity index (χ0v) is 10.6. The molecule has 0 heterocycles. The zero-order valence-electron chi connectivity index (χ0n) is 8.99. The van der Waals surface area contributed by atoms with E-state index in [1.165, 1.54) is 6.08 Å². The Hall–Kier alpha value is -1.49. The van der Waals surface area contributed by atoms with Crippen molar-refractivity contribution in [1.29, 1.82) is 0 Å². The fourth-order valence-electron chi connectivity index (χ4n) is 1.19. The molecular weight excluding hydrogens is 274 g/mol. The molecule has 0 saturated heterocycles. The van der Waals surface area contributed by atoms with E-state index in [4.69, 9.17) is 15.2 Å². The molecule has 1 amide bonds. The maximum Gasteiger partial charge on any atom is 0.241 e. The average molecular weight is 286 g/mol. The lowest BCUT2D eigenvalue weighted by Crippen LogP contribution is -2.05. The standard InChI is InChI=1S/C11H12BrNO3/c1-15-9-6-10(16-2)8(12)5-7(9)3-4-11(13)14/h3-6H,1-2H3,(H2,13,14)/b4-3-. The van der Waals surface area contributed by atoms with Gasteiger partial charge in [-0.15, -0.1) is 0 Å². The van der Waals surface area contributed by atoms with Crippen LogP contribution in [-0.4, -0.2) is 20.1 Å². The van der Waals surface area contributed by atoms with Crippen molar-refractivity contribution in [2.45, 2.75) is 0 Å². The minimum Gasteiger partial charge on any atom is -0.496 e. The molecule has 86 valence electrons. The van der Waals surface area contributed by atoms with Crippen LogP contribution in [0.25, 0.3) is 6.08 Å². The third kappa shape index (κ3) is 3.00. The van der Waals surface area contributed by atoms with Crippen LogP contribution in [0.3, 0.4) is 0 Å². The summed E-state index contributed by atoms with van der Waals surface area (Å²) in [6.45, 7) is 0. The first-order valence-electron chi connectivity index (χ1n) is 4.47. The third-order valence-electron chi connectivity index (χ3n) is 1.93. The van der Waals surface area contributed by atoms with E-state index in [-0.39, 0.29) is 0 Å². The van der Waals surface area contributed by atoms with Gasteiger partial charge in [0, 0.05) is 17.7 Å². The number of primary amides is 1. The van der Waals surface area contributed by atoms with Crippen molar-refractivity contribution >= 4 is 27.9 Å². The lowest BCUT2D eigenvalue weighted by atomic mass is 10.1. The number of carbonyl (C=O) groups excluding carboxylic acids is 1. The first-order chi connectivity index (χ1) is 7.58. The van der Waals surface area contributed by atoms with E-state index < -0.39 is 5.91 Å². The quantitative estimate of drug-likeness (QED) is 0.861. The van der Waals surface area contributed by atoms with Gasteiger partial charge in [-0.2, -0.15) is 0 Å². The summed E-state index contributed by atoms with van der Waals surface area (Å²) >= 11 is 3.35. The van der Waals surface area contributed by atoms with E-state index in [0.29, 0.717) is 11.5 Å². The summed E-state index contributed by atoms with van der Waals surface area (Å²) < 4.78 is 11.1. The largest absolute Gasteiger partial charge is 0.496 e. The Kier molecular flexibility index (Phi) is 4.37. The average Bonchev–Trinajstić information content (AvgIpc) is 2.26. The first-order valence-corrected chi connectivity index (χ1v) is 5.26. The van der Waals surface area contributed by atoms with Crippen molar-refractivity contribution in [1.82, 2.24) is 0 Å². The number of rotatable bonds is 4. The van der Waals surface area contributed by atoms with Crippen LogP contribution in [0.4, 0.5) is 0 Å². The van der Waals surface area contributed by atoms with Crippen LogP contribution in [0.1, 0.15) is 5.56 Å². The van der Waals surface area contributed by atoms with Crippen molar-refractivity contribution in [2.75, 3.05) is 14.2 Å². The fourth-order valence-corrected chi connectivity index (χ4v) is 1.71. The number of nitrogens with two attached hydrogens (primary N) is 1. The Labute approximate surface area is 102 Å². The number of benzene rings is 1. The molecule has 0 aliphatic rings. The maximum atomic E-state index is 10.6. The number of methoxy groups -OCH3 is 2. The Morgan fingerprint density at radius 3 is 2.44 bits per heavy atom. The van der Waals surface area contributed by atoms with Crippen LogP contribution < -0.4 is 15.2 Å². The molecule has 0 aliphatic heterocycles. The van der Waals surface area contributed by atoms with E-state index >= 15 is 0 Å². The predicted molar refractivity (Wildman–Crippen MR) is 65.5 cm³/mol. The maximum absolute atomic E-state index is 10.6. The Bertz CT molecular complexity index is 429. The summed E-state index contributed by atoms with van der Waals surface area (Å²) in [6.07, 6.45) is 2.86. The fraction of sp³-hybridized carbons (Fsp3) is 0.182. The van der Waals surface area contributed by atoms with Crippen LogP contribution in [0, 0.1) is 0 Å². The van der Waals surface area contributed by atoms with Gasteiger partial charge in [0.2, 0.25) is 5.91 Å². The van der Waals surface area contributed by atoms with Crippen LogP contribution in [-0.2, 0) is 4.79 Å². The second kappa shape index (κ2) is 5.55. The summed E-state index contributed by atoms with van der Waals surface area (Å²) in [6, 6.07) is 3.52. The molecule has 0 saturated carbocycles. The summed E-state index contributed by atoms with van der Waals surface area (Å²) in [5.74, 6) is 0.764. The van der Waals surface area contributed by atoms with E-state index in [1.54, 1.807) is 32.4 Å². The van der Waals surface area contributed by atoms with Gasteiger partial charge >= 0.3 is 0 Å². The molecule has 5 heteroatoms. The molecule has 0 aliphatic carbocycles. The predicted octanol–water partition coefficient (Wildman–Crippen LogP) is 1.96. The summed E-state index contributed by atoms with van der Waals surface area (Å²) in [4.78, 5) is 10.6. The van der Waals surface area contributed by atoms with Crippen molar-refractivity contribution in [3.63, 3.8) is 0 Å². The van der Waals surface area contributed by atoms with Gasteiger partial charge < -0.3 is 15.2 Å². The second-order valence-electron chi connectivity index (χ2n) is 2.96. The van der Waals surface area contributed by atoms with Crippen molar-refractivity contribution in [3.8, 4) is 11.5 Å². The van der Waals surface area contributed by atoms with Gasteiger partial charge in [0.1, 0.15) is 11.5 Å². The highest BCUT2D eigenvalue weighted by Gasteiger charge is 2.07. The topological polar surface area (TPSA) is 61.6 Å². The van der Waals surface area contributed by atoms with Gasteiger partial charge in [-0.05, 0) is 28.1 Å². The summed E-state index contributed by atoms with van der Waals surface area (Å²) in [5.41, 5.74) is 5.77. The van der Waals surface area contributed by atoms with E-state index in [2.05, 4.69) is 15.9 Å². The van der Waals surface area contributed by atoms with E-state index in [9.17, 15) is 4.79 Å². The normalized spacial score (nSPS) is 10.4. The highest BCUT2D eigenvalue weighted by Crippen LogP contribution is 2.33. The monoisotopic (exact) mass is 285 g/mol. The lowest BCUT2D eigenvalue weighted by Gasteiger charge is -2.09. The SMILES string of the molecule is COc1cc(OC)c(/C=C\C(N)=O)cc1Br. The molecule has 2 N–H and O–H groups in total. The minimum atomic E-state index is -0.506. The molecule has 1 aromatic rings. The number of ether oxygens (including phenoxy) is 2. The smallest absolute Gasteiger partial charge is 0.241 e. The lowest BCUT2D eigenvalue weighted by molar-refractivity contribution is -0.113. The molecule has 1 aromatic carbocycles. The summed E-state index contributed by atoms with van der Waals surface area (Å²) in [5, 5.41) is 0. The van der Waals surface area contributed by atoms with E-state index in [0.717, 1.165) is 10.0 Å². The number of halogens is 1. The number of hydrogen-bond acceptors (Lipinski definition) is 3. The molecule has 0 bridgehead atoms. The van der Waals surface area contributed by atoms with Gasteiger partial charge in [0.25, 0.3) is 0 Å². The Morgan fingerprint density at radius 2 is 1.94 bits per heavy atom. The van der Waals surface area contributed by atoms with Crippen LogP contribution in [0.5, 0.6) is 11.5 Å². The Morgan fingerprint density at radius 1 is 1.31 bits per heavy atom. The number of hydrogen-bond donors (Lipinski definition) is 1. The Balaban J connectivity index is 3.18. The molecule has 4 nitrogen and oxygen atoms in total. The zero-order chi connectivity index (χ0) is 12.1. The van der Waals surface area contributed by atoms with Crippen LogP contribution in [0.2, 0.25) is 0 Å². The van der Waals surface area contributed by atoms with Crippen LogP contribution in [0.15, 0.2) is 22.7 Å². The van der Waals surface area contributed by atoms with Crippen molar-refractivity contribution in [2.24, 2.45) is 5.73 Å².